The van der Waals surface area contributed by atoms with Crippen LogP contribution in [0.15, 0.2) is 64.3 Å². The number of aromatic nitrogens is 5. The minimum Gasteiger partial charge on any atom is -0.338 e. The van der Waals surface area contributed by atoms with Crippen molar-refractivity contribution >= 4 is 11.8 Å². The molecule has 0 saturated heterocycles. The number of thioether (sulfide) groups is 1. The Morgan fingerprint density at radius 1 is 1.03 bits per heavy atom. The van der Waals surface area contributed by atoms with Crippen molar-refractivity contribution < 1.29 is 8.91 Å². The van der Waals surface area contributed by atoms with Crippen LogP contribution in [0.3, 0.4) is 0 Å². The van der Waals surface area contributed by atoms with Gasteiger partial charge in [0.2, 0.25) is 5.89 Å². The standard InChI is InChI=1S/C23H24FN5OS/c1-15(20-25-21(28-30-20)23(2,3)4)31-22-27-26-19(17-10-12-18(24)13-11-17)29(22)14-16-8-6-5-7-9-16/h5-13,15H,14H2,1-4H3. The molecule has 0 saturated carbocycles. The molecule has 2 heterocycles. The minimum atomic E-state index is -0.285. The molecule has 8 heteroatoms. The zero-order valence-electron chi connectivity index (χ0n) is 17.9. The maximum Gasteiger partial charge on any atom is 0.239 e. The van der Waals surface area contributed by atoms with E-state index in [1.165, 1.54) is 23.9 Å². The van der Waals surface area contributed by atoms with Gasteiger partial charge in [-0.05, 0) is 36.8 Å². The molecule has 0 aliphatic heterocycles. The topological polar surface area (TPSA) is 69.6 Å². The lowest BCUT2D eigenvalue weighted by atomic mass is 9.96. The molecular formula is C23H24FN5OS. The highest BCUT2D eigenvalue weighted by Gasteiger charge is 2.25. The predicted molar refractivity (Wildman–Crippen MR) is 118 cm³/mol. The number of hydrogen-bond acceptors (Lipinski definition) is 6. The van der Waals surface area contributed by atoms with Crippen molar-refractivity contribution in [2.75, 3.05) is 0 Å². The fourth-order valence-corrected chi connectivity index (χ4v) is 3.89. The van der Waals surface area contributed by atoms with E-state index >= 15 is 0 Å². The highest BCUT2D eigenvalue weighted by molar-refractivity contribution is 7.99. The van der Waals surface area contributed by atoms with Gasteiger partial charge in [0.25, 0.3) is 0 Å². The van der Waals surface area contributed by atoms with E-state index in [-0.39, 0.29) is 16.5 Å². The first-order valence-electron chi connectivity index (χ1n) is 10.0. The maximum absolute atomic E-state index is 13.4. The van der Waals surface area contributed by atoms with Gasteiger partial charge in [0.05, 0.1) is 11.8 Å². The molecule has 0 radical (unpaired) electrons. The van der Waals surface area contributed by atoms with Crippen molar-refractivity contribution in [2.24, 2.45) is 0 Å². The van der Waals surface area contributed by atoms with Gasteiger partial charge >= 0.3 is 0 Å². The van der Waals surface area contributed by atoms with E-state index in [4.69, 9.17) is 4.52 Å². The summed E-state index contributed by atoms with van der Waals surface area (Å²) in [5, 5.41) is 13.6. The monoisotopic (exact) mass is 437 g/mol. The quantitative estimate of drug-likeness (QED) is 0.362. The molecule has 4 rings (SSSR count). The van der Waals surface area contributed by atoms with Gasteiger partial charge in [0.1, 0.15) is 5.82 Å². The second-order valence-corrected chi connectivity index (χ2v) is 9.66. The Kier molecular flexibility index (Phi) is 5.91. The van der Waals surface area contributed by atoms with Crippen LogP contribution < -0.4 is 0 Å². The molecule has 0 fully saturated rings. The van der Waals surface area contributed by atoms with E-state index < -0.39 is 0 Å². The average molecular weight is 438 g/mol. The van der Waals surface area contributed by atoms with Crippen LogP contribution in [0.2, 0.25) is 0 Å². The fraction of sp³-hybridized carbons (Fsp3) is 0.304. The number of rotatable bonds is 6. The second-order valence-electron chi connectivity index (χ2n) is 8.35. The van der Waals surface area contributed by atoms with Crippen molar-refractivity contribution in [3.05, 3.63) is 77.7 Å². The van der Waals surface area contributed by atoms with Crippen LogP contribution in [0.25, 0.3) is 11.4 Å². The fourth-order valence-electron chi connectivity index (χ4n) is 3.01. The Balaban J connectivity index is 1.66. The minimum absolute atomic E-state index is 0.108. The van der Waals surface area contributed by atoms with Crippen molar-refractivity contribution in [2.45, 2.75) is 50.1 Å². The third-order valence-corrected chi connectivity index (χ3v) is 5.81. The zero-order valence-corrected chi connectivity index (χ0v) is 18.7. The number of hydrogen-bond donors (Lipinski definition) is 0. The molecule has 0 N–H and O–H groups in total. The Labute approximate surface area is 184 Å². The lowest BCUT2D eigenvalue weighted by molar-refractivity contribution is 0.364. The van der Waals surface area contributed by atoms with Crippen molar-refractivity contribution in [3.63, 3.8) is 0 Å². The van der Waals surface area contributed by atoms with Gasteiger partial charge in [0, 0.05) is 11.0 Å². The third-order valence-electron chi connectivity index (χ3n) is 4.75. The highest BCUT2D eigenvalue weighted by atomic mass is 32.2. The van der Waals surface area contributed by atoms with E-state index in [9.17, 15) is 4.39 Å². The SMILES string of the molecule is CC(Sc1nnc(-c2ccc(F)cc2)n1Cc1ccccc1)c1nc(C(C)(C)C)no1. The summed E-state index contributed by atoms with van der Waals surface area (Å²) in [6.07, 6.45) is 0. The van der Waals surface area contributed by atoms with Gasteiger partial charge in [0.15, 0.2) is 16.8 Å². The second kappa shape index (κ2) is 8.63. The Bertz CT molecular complexity index is 1150. The molecule has 6 nitrogen and oxygen atoms in total. The molecule has 2 aromatic carbocycles. The molecule has 0 bridgehead atoms. The Morgan fingerprint density at radius 3 is 2.39 bits per heavy atom. The predicted octanol–water partition coefficient (Wildman–Crippen LogP) is 5.67. The summed E-state index contributed by atoms with van der Waals surface area (Å²) >= 11 is 1.50. The summed E-state index contributed by atoms with van der Waals surface area (Å²) in [4.78, 5) is 4.57. The van der Waals surface area contributed by atoms with Crippen LogP contribution in [0.1, 0.15) is 50.2 Å². The highest BCUT2D eigenvalue weighted by Crippen LogP contribution is 2.36. The van der Waals surface area contributed by atoms with E-state index in [1.54, 1.807) is 12.1 Å². The number of benzene rings is 2. The van der Waals surface area contributed by atoms with Crippen LogP contribution in [0.4, 0.5) is 4.39 Å². The molecule has 1 unspecified atom stereocenters. The van der Waals surface area contributed by atoms with Crippen LogP contribution in [0, 0.1) is 5.82 Å². The van der Waals surface area contributed by atoms with Crippen LogP contribution in [-0.4, -0.2) is 24.9 Å². The molecule has 1 atom stereocenters. The summed E-state index contributed by atoms with van der Waals surface area (Å²) in [6.45, 7) is 8.73. The normalized spacial score (nSPS) is 12.8. The number of halogens is 1. The molecule has 31 heavy (non-hydrogen) atoms. The van der Waals surface area contributed by atoms with E-state index in [0.717, 1.165) is 16.3 Å². The third kappa shape index (κ3) is 4.85. The molecule has 0 spiro atoms. The van der Waals surface area contributed by atoms with Crippen LogP contribution in [0.5, 0.6) is 0 Å². The van der Waals surface area contributed by atoms with E-state index in [2.05, 4.69) is 32.5 Å². The van der Waals surface area contributed by atoms with Crippen LogP contribution >= 0.6 is 11.8 Å². The molecular weight excluding hydrogens is 413 g/mol. The summed E-state index contributed by atoms with van der Waals surface area (Å²) in [7, 11) is 0. The molecule has 0 aliphatic carbocycles. The first kappa shape index (κ1) is 21.2. The van der Waals surface area contributed by atoms with Gasteiger partial charge < -0.3 is 4.52 Å². The van der Waals surface area contributed by atoms with E-state index in [0.29, 0.717) is 24.1 Å². The van der Waals surface area contributed by atoms with Crippen molar-refractivity contribution in [1.29, 1.82) is 0 Å². The molecule has 4 aromatic rings. The van der Waals surface area contributed by atoms with Gasteiger partial charge in [-0.2, -0.15) is 4.98 Å². The smallest absolute Gasteiger partial charge is 0.239 e. The summed E-state index contributed by atoms with van der Waals surface area (Å²) < 4.78 is 21.0. The van der Waals surface area contributed by atoms with Gasteiger partial charge in [-0.3, -0.25) is 4.57 Å². The Morgan fingerprint density at radius 2 is 1.74 bits per heavy atom. The van der Waals surface area contributed by atoms with Crippen molar-refractivity contribution in [3.8, 4) is 11.4 Å². The first-order chi connectivity index (χ1) is 14.8. The summed E-state index contributed by atoms with van der Waals surface area (Å²) in [5.41, 5.74) is 1.74. The van der Waals surface area contributed by atoms with Gasteiger partial charge in [-0.25, -0.2) is 4.39 Å². The molecule has 2 aromatic heterocycles. The lowest BCUT2D eigenvalue weighted by Gasteiger charge is -2.12. The van der Waals surface area contributed by atoms with Gasteiger partial charge in [-0.15, -0.1) is 10.2 Å². The van der Waals surface area contributed by atoms with Crippen molar-refractivity contribution in [1.82, 2.24) is 24.9 Å². The van der Waals surface area contributed by atoms with E-state index in [1.807, 2.05) is 50.5 Å². The first-order valence-corrected chi connectivity index (χ1v) is 10.9. The molecule has 0 aliphatic rings. The van der Waals surface area contributed by atoms with Crippen LogP contribution in [-0.2, 0) is 12.0 Å². The molecule has 160 valence electrons. The average Bonchev–Trinajstić information content (AvgIpc) is 3.38. The Hall–Kier alpha value is -3.00. The summed E-state index contributed by atoms with van der Waals surface area (Å²) in [6, 6.07) is 16.4. The zero-order chi connectivity index (χ0) is 22.0. The maximum atomic E-state index is 13.4. The molecule has 0 amide bonds. The lowest BCUT2D eigenvalue weighted by Crippen LogP contribution is -2.13. The largest absolute Gasteiger partial charge is 0.338 e. The number of nitrogens with zero attached hydrogens (tertiary/aromatic N) is 5. The summed E-state index contributed by atoms with van der Waals surface area (Å²) in [5.74, 6) is 1.62. The van der Waals surface area contributed by atoms with Gasteiger partial charge in [-0.1, -0.05) is 68.0 Å².